The van der Waals surface area contributed by atoms with E-state index in [9.17, 15) is 9.90 Å². The van der Waals surface area contributed by atoms with Crippen LogP contribution in [0.1, 0.15) is 52.9 Å². The molecule has 3 nitrogen and oxygen atoms in total. The van der Waals surface area contributed by atoms with Gasteiger partial charge in [-0.2, -0.15) is 0 Å². The van der Waals surface area contributed by atoms with E-state index < -0.39 is 0 Å². The Morgan fingerprint density at radius 1 is 1.33 bits per heavy atom. The minimum absolute atomic E-state index is 0.140. The van der Waals surface area contributed by atoms with Crippen molar-refractivity contribution >= 4 is 5.97 Å². The number of carbonyl (C=O) groups is 1. The first kappa shape index (κ1) is 14.4. The number of rotatable bonds is 8. The summed E-state index contributed by atoms with van der Waals surface area (Å²) in [6, 6.07) is 0. The second-order valence-corrected chi connectivity index (χ2v) is 4.36. The minimum atomic E-state index is -0.270. The molecule has 0 aliphatic carbocycles. The first-order valence-corrected chi connectivity index (χ1v) is 5.90. The molecular weight excluding hydrogens is 192 g/mol. The average molecular weight is 216 g/mol. The lowest BCUT2D eigenvalue weighted by atomic mass is 10.1. The number of carbonyl (C=O) groups excluding carboxylic acids is 1. The summed E-state index contributed by atoms with van der Waals surface area (Å²) in [5.41, 5.74) is 0. The number of aliphatic hydroxyl groups excluding tert-OH is 1. The minimum Gasteiger partial charge on any atom is -0.466 e. The molecule has 0 aromatic heterocycles. The highest BCUT2D eigenvalue weighted by Crippen LogP contribution is 2.06. The first-order chi connectivity index (χ1) is 7.06. The predicted molar refractivity (Wildman–Crippen MR) is 60.6 cm³/mol. The fraction of sp³-hybridized carbons (Fsp3) is 0.917. The van der Waals surface area contributed by atoms with Crippen molar-refractivity contribution in [3.05, 3.63) is 0 Å². The van der Waals surface area contributed by atoms with Gasteiger partial charge in [0.1, 0.15) is 0 Å². The Morgan fingerprint density at radius 2 is 2.00 bits per heavy atom. The van der Waals surface area contributed by atoms with Crippen molar-refractivity contribution in [2.75, 3.05) is 6.61 Å². The van der Waals surface area contributed by atoms with Gasteiger partial charge in [-0.3, -0.25) is 4.79 Å². The van der Waals surface area contributed by atoms with Gasteiger partial charge in [-0.15, -0.1) is 0 Å². The fourth-order valence-electron chi connectivity index (χ4n) is 1.17. The van der Waals surface area contributed by atoms with Crippen LogP contribution in [0.4, 0.5) is 0 Å². The van der Waals surface area contributed by atoms with Crippen molar-refractivity contribution in [2.24, 2.45) is 5.92 Å². The molecule has 0 fully saturated rings. The van der Waals surface area contributed by atoms with Gasteiger partial charge in [0, 0.05) is 6.42 Å². The van der Waals surface area contributed by atoms with Crippen LogP contribution >= 0.6 is 0 Å². The summed E-state index contributed by atoms with van der Waals surface area (Å²) in [7, 11) is 0. The van der Waals surface area contributed by atoms with E-state index in [0.29, 0.717) is 25.4 Å². The van der Waals surface area contributed by atoms with Gasteiger partial charge >= 0.3 is 5.97 Å². The van der Waals surface area contributed by atoms with Crippen LogP contribution in [0.3, 0.4) is 0 Å². The molecule has 0 rings (SSSR count). The molecule has 0 bridgehead atoms. The summed E-state index contributed by atoms with van der Waals surface area (Å²) in [6.45, 7) is 6.66. The zero-order valence-corrected chi connectivity index (χ0v) is 10.2. The average Bonchev–Trinajstić information content (AvgIpc) is 2.17. The van der Waals surface area contributed by atoms with Gasteiger partial charge in [0.2, 0.25) is 0 Å². The molecule has 0 aliphatic heterocycles. The Kier molecular flexibility index (Phi) is 8.38. The lowest BCUT2D eigenvalue weighted by Crippen LogP contribution is -2.09. The van der Waals surface area contributed by atoms with Crippen LogP contribution in [-0.4, -0.2) is 23.8 Å². The van der Waals surface area contributed by atoms with E-state index >= 15 is 0 Å². The van der Waals surface area contributed by atoms with E-state index in [0.717, 1.165) is 19.3 Å². The number of hydrogen-bond acceptors (Lipinski definition) is 3. The molecule has 1 N–H and O–H groups in total. The summed E-state index contributed by atoms with van der Waals surface area (Å²) >= 11 is 0. The highest BCUT2D eigenvalue weighted by molar-refractivity contribution is 5.69. The van der Waals surface area contributed by atoms with Gasteiger partial charge in [-0.25, -0.2) is 0 Å². The Bertz CT molecular complexity index is 166. The molecule has 0 saturated heterocycles. The Labute approximate surface area is 92.8 Å². The van der Waals surface area contributed by atoms with Crippen LogP contribution in [0.25, 0.3) is 0 Å². The van der Waals surface area contributed by atoms with Gasteiger partial charge in [-0.05, 0) is 31.6 Å². The van der Waals surface area contributed by atoms with Crippen molar-refractivity contribution in [3.63, 3.8) is 0 Å². The molecule has 90 valence electrons. The maximum absolute atomic E-state index is 11.2. The topological polar surface area (TPSA) is 46.5 Å². The highest BCUT2D eigenvalue weighted by Gasteiger charge is 2.06. The van der Waals surface area contributed by atoms with Gasteiger partial charge in [0.25, 0.3) is 0 Å². The third kappa shape index (κ3) is 9.73. The molecule has 0 radical (unpaired) electrons. The third-order valence-corrected chi connectivity index (χ3v) is 2.35. The molecule has 0 aliphatic rings. The van der Waals surface area contributed by atoms with Crippen molar-refractivity contribution in [1.29, 1.82) is 0 Å². The predicted octanol–water partition coefficient (Wildman–Crippen LogP) is 2.52. The zero-order valence-electron chi connectivity index (χ0n) is 10.2. The first-order valence-electron chi connectivity index (χ1n) is 5.90. The Morgan fingerprint density at radius 3 is 2.53 bits per heavy atom. The Hall–Kier alpha value is -0.570. The molecule has 0 aromatic rings. The van der Waals surface area contributed by atoms with E-state index in [1.165, 1.54) is 0 Å². The van der Waals surface area contributed by atoms with E-state index in [1.54, 1.807) is 0 Å². The SMILES string of the molecule is CCC(O)CCCC(=O)OCCC(C)C. The molecule has 1 unspecified atom stereocenters. The Balaban J connectivity index is 3.33. The van der Waals surface area contributed by atoms with Crippen molar-refractivity contribution < 1.29 is 14.6 Å². The fourth-order valence-corrected chi connectivity index (χ4v) is 1.17. The quantitative estimate of drug-likeness (QED) is 0.634. The van der Waals surface area contributed by atoms with Crippen LogP contribution in [0.5, 0.6) is 0 Å². The van der Waals surface area contributed by atoms with Gasteiger partial charge < -0.3 is 9.84 Å². The van der Waals surface area contributed by atoms with Crippen molar-refractivity contribution in [2.45, 2.75) is 59.0 Å². The van der Waals surface area contributed by atoms with Crippen LogP contribution < -0.4 is 0 Å². The van der Waals surface area contributed by atoms with E-state index in [2.05, 4.69) is 13.8 Å². The lowest BCUT2D eigenvalue weighted by molar-refractivity contribution is -0.144. The summed E-state index contributed by atoms with van der Waals surface area (Å²) in [5, 5.41) is 9.27. The molecule has 3 heteroatoms. The van der Waals surface area contributed by atoms with E-state index in [1.807, 2.05) is 6.92 Å². The maximum atomic E-state index is 11.2. The van der Waals surface area contributed by atoms with Crippen LogP contribution in [-0.2, 0) is 9.53 Å². The van der Waals surface area contributed by atoms with Gasteiger partial charge in [0.05, 0.1) is 12.7 Å². The molecule has 0 saturated carbocycles. The normalized spacial score (nSPS) is 12.9. The highest BCUT2D eigenvalue weighted by atomic mass is 16.5. The molecule has 0 spiro atoms. The monoisotopic (exact) mass is 216 g/mol. The number of esters is 1. The van der Waals surface area contributed by atoms with Crippen LogP contribution in [0.15, 0.2) is 0 Å². The van der Waals surface area contributed by atoms with Crippen LogP contribution in [0, 0.1) is 5.92 Å². The number of hydrogen-bond donors (Lipinski definition) is 1. The number of aliphatic hydroxyl groups is 1. The largest absolute Gasteiger partial charge is 0.466 e. The summed E-state index contributed by atoms with van der Waals surface area (Å²) in [5.74, 6) is 0.429. The molecule has 0 aromatic carbocycles. The van der Waals surface area contributed by atoms with Gasteiger partial charge in [-0.1, -0.05) is 20.8 Å². The van der Waals surface area contributed by atoms with Crippen molar-refractivity contribution in [1.82, 2.24) is 0 Å². The second-order valence-electron chi connectivity index (χ2n) is 4.36. The summed E-state index contributed by atoms with van der Waals surface area (Å²) in [4.78, 5) is 11.2. The summed E-state index contributed by atoms with van der Waals surface area (Å²) in [6.07, 6.45) is 3.24. The lowest BCUT2D eigenvalue weighted by Gasteiger charge is -2.08. The number of ether oxygens (including phenoxy) is 1. The summed E-state index contributed by atoms with van der Waals surface area (Å²) < 4.78 is 5.05. The maximum Gasteiger partial charge on any atom is 0.305 e. The zero-order chi connectivity index (χ0) is 11.7. The molecule has 15 heavy (non-hydrogen) atoms. The van der Waals surface area contributed by atoms with E-state index in [4.69, 9.17) is 4.74 Å². The molecule has 0 heterocycles. The second kappa shape index (κ2) is 8.72. The smallest absolute Gasteiger partial charge is 0.305 e. The van der Waals surface area contributed by atoms with Crippen LogP contribution in [0.2, 0.25) is 0 Å². The van der Waals surface area contributed by atoms with Crippen molar-refractivity contribution in [3.8, 4) is 0 Å². The van der Waals surface area contributed by atoms with E-state index in [-0.39, 0.29) is 12.1 Å². The molecular formula is C12H24O3. The third-order valence-electron chi connectivity index (χ3n) is 2.35. The molecule has 0 amide bonds. The molecule has 1 atom stereocenters. The van der Waals surface area contributed by atoms with Gasteiger partial charge in [0.15, 0.2) is 0 Å². The standard InChI is InChI=1S/C12H24O3/c1-4-11(13)6-5-7-12(14)15-9-8-10(2)3/h10-11,13H,4-9H2,1-3H3.